The molecule has 0 aliphatic rings. The van der Waals surface area contributed by atoms with E-state index in [1.807, 2.05) is 37.3 Å². The van der Waals surface area contributed by atoms with Crippen LogP contribution in [0.1, 0.15) is 33.9 Å². The first-order valence-electron chi connectivity index (χ1n) is 9.35. The maximum absolute atomic E-state index is 12.6. The van der Waals surface area contributed by atoms with Gasteiger partial charge in [0.25, 0.3) is 5.91 Å². The van der Waals surface area contributed by atoms with Crippen molar-refractivity contribution in [2.24, 2.45) is 0 Å². The Morgan fingerprint density at radius 1 is 0.852 bits per heavy atom. The fourth-order valence-corrected chi connectivity index (χ4v) is 3.21. The predicted molar refractivity (Wildman–Crippen MR) is 111 cm³/mol. The molecule has 0 saturated heterocycles. The maximum atomic E-state index is 12.6. The predicted octanol–water partition coefficient (Wildman–Crippen LogP) is 3.90. The van der Waals surface area contributed by atoms with Crippen molar-refractivity contribution in [1.29, 1.82) is 0 Å². The lowest BCUT2D eigenvalue weighted by atomic mass is 9.98. The summed E-state index contributed by atoms with van der Waals surface area (Å²) >= 11 is 0. The van der Waals surface area contributed by atoms with E-state index in [1.54, 1.807) is 0 Å². The minimum absolute atomic E-state index is 0.0109. The lowest BCUT2D eigenvalue weighted by Gasteiger charge is -2.17. The Kier molecular flexibility index (Phi) is 6.05. The first kappa shape index (κ1) is 18.9. The molecule has 0 saturated carbocycles. The van der Waals surface area contributed by atoms with Gasteiger partial charge in [-0.15, -0.1) is 0 Å². The Morgan fingerprint density at radius 2 is 1.52 bits per heavy atom. The molecule has 0 aromatic heterocycles. The molecule has 0 spiro atoms. The number of carbonyl (C=O) groups excluding carboxylic acids is 1. The Hall–Kier alpha value is -2.91. The zero-order valence-electron chi connectivity index (χ0n) is 16.2. The summed E-state index contributed by atoms with van der Waals surface area (Å²) in [5.74, 6) is 0.0109. The first-order chi connectivity index (χ1) is 13.0. The van der Waals surface area contributed by atoms with Crippen molar-refractivity contribution in [3.05, 3.63) is 101 Å². The molecule has 0 fully saturated rings. The molecule has 0 heterocycles. The van der Waals surface area contributed by atoms with Crippen molar-refractivity contribution in [2.75, 3.05) is 11.9 Å². The van der Waals surface area contributed by atoms with Gasteiger partial charge in [0.2, 0.25) is 0 Å². The largest absolute Gasteiger partial charge is 0.328 e. The second kappa shape index (κ2) is 8.65. The third kappa shape index (κ3) is 4.83. The highest BCUT2D eigenvalue weighted by Gasteiger charge is 2.19. The molecule has 0 aliphatic heterocycles. The van der Waals surface area contributed by atoms with Gasteiger partial charge >= 0.3 is 0 Å². The SMILES string of the molecule is Cc1ccc([C@@H]([NH2+]CC(=O)Nc2cccc(C)c2C)c2ccccc2)cc1. The Morgan fingerprint density at radius 3 is 2.22 bits per heavy atom. The summed E-state index contributed by atoms with van der Waals surface area (Å²) in [6.07, 6.45) is 0. The Labute approximate surface area is 161 Å². The van der Waals surface area contributed by atoms with Gasteiger partial charge in [-0.2, -0.15) is 0 Å². The summed E-state index contributed by atoms with van der Waals surface area (Å²) in [6.45, 7) is 6.54. The van der Waals surface area contributed by atoms with Crippen LogP contribution in [0.3, 0.4) is 0 Å². The third-order valence-corrected chi connectivity index (χ3v) is 5.01. The van der Waals surface area contributed by atoms with Crippen LogP contribution >= 0.6 is 0 Å². The summed E-state index contributed by atoms with van der Waals surface area (Å²) in [7, 11) is 0. The van der Waals surface area contributed by atoms with E-state index in [2.05, 4.69) is 66.9 Å². The quantitative estimate of drug-likeness (QED) is 0.689. The summed E-state index contributed by atoms with van der Waals surface area (Å²) < 4.78 is 0. The standard InChI is InChI=1S/C24H26N2O/c1-17-12-14-21(15-13-17)24(20-9-5-4-6-10-20)25-16-23(27)26-22-11-7-8-18(2)19(22)3/h4-15,24-25H,16H2,1-3H3,(H,26,27)/p+1/t24-/m0/s1. The van der Waals surface area contributed by atoms with Crippen LogP contribution in [0.4, 0.5) is 5.69 Å². The van der Waals surface area contributed by atoms with E-state index < -0.39 is 0 Å². The molecule has 1 atom stereocenters. The van der Waals surface area contributed by atoms with Gasteiger partial charge in [0.15, 0.2) is 6.54 Å². The third-order valence-electron chi connectivity index (χ3n) is 5.01. The molecule has 3 aromatic carbocycles. The fraction of sp³-hybridized carbons (Fsp3) is 0.208. The number of carbonyl (C=O) groups is 1. The van der Waals surface area contributed by atoms with Gasteiger partial charge in [-0.3, -0.25) is 4.79 Å². The lowest BCUT2D eigenvalue weighted by Crippen LogP contribution is -2.87. The zero-order valence-corrected chi connectivity index (χ0v) is 16.2. The number of nitrogens with one attached hydrogen (secondary N) is 1. The van der Waals surface area contributed by atoms with Crippen LogP contribution in [-0.4, -0.2) is 12.5 Å². The van der Waals surface area contributed by atoms with Crippen LogP contribution < -0.4 is 10.6 Å². The molecular formula is C24H27N2O+. The number of hydrogen-bond donors (Lipinski definition) is 2. The summed E-state index contributed by atoms with van der Waals surface area (Å²) in [5.41, 5.74) is 6.81. The van der Waals surface area contributed by atoms with Crippen LogP contribution in [0.5, 0.6) is 0 Å². The second-order valence-corrected chi connectivity index (χ2v) is 7.03. The summed E-state index contributed by atoms with van der Waals surface area (Å²) in [5, 5.41) is 5.15. The number of quaternary nitrogens is 1. The topological polar surface area (TPSA) is 45.7 Å². The Balaban J connectivity index is 1.74. The number of nitrogens with two attached hydrogens (primary N) is 1. The molecule has 0 radical (unpaired) electrons. The molecule has 0 aliphatic carbocycles. The molecule has 3 heteroatoms. The number of aryl methyl sites for hydroxylation is 2. The highest BCUT2D eigenvalue weighted by Crippen LogP contribution is 2.19. The molecular weight excluding hydrogens is 332 g/mol. The van der Waals surface area contributed by atoms with Crippen molar-refractivity contribution >= 4 is 11.6 Å². The Bertz CT molecular complexity index is 901. The molecule has 27 heavy (non-hydrogen) atoms. The average Bonchev–Trinajstić information content (AvgIpc) is 2.68. The van der Waals surface area contributed by atoms with Crippen LogP contribution in [0.25, 0.3) is 0 Å². The number of rotatable bonds is 6. The smallest absolute Gasteiger partial charge is 0.279 e. The van der Waals surface area contributed by atoms with Crippen molar-refractivity contribution in [2.45, 2.75) is 26.8 Å². The van der Waals surface area contributed by atoms with E-state index in [0.717, 1.165) is 11.3 Å². The lowest BCUT2D eigenvalue weighted by molar-refractivity contribution is -0.676. The van der Waals surface area contributed by atoms with Crippen LogP contribution in [-0.2, 0) is 4.79 Å². The molecule has 3 aromatic rings. The van der Waals surface area contributed by atoms with Crippen LogP contribution in [0, 0.1) is 20.8 Å². The van der Waals surface area contributed by atoms with Crippen molar-refractivity contribution in [3.63, 3.8) is 0 Å². The van der Waals surface area contributed by atoms with Crippen molar-refractivity contribution in [1.82, 2.24) is 0 Å². The van der Waals surface area contributed by atoms with Gasteiger partial charge in [0, 0.05) is 16.8 Å². The van der Waals surface area contributed by atoms with Crippen molar-refractivity contribution < 1.29 is 10.1 Å². The zero-order chi connectivity index (χ0) is 19.2. The molecule has 0 unspecified atom stereocenters. The van der Waals surface area contributed by atoms with Gasteiger partial charge in [0.1, 0.15) is 6.04 Å². The highest BCUT2D eigenvalue weighted by atomic mass is 16.1. The normalized spacial score (nSPS) is 11.8. The number of amides is 1. The number of benzene rings is 3. The molecule has 138 valence electrons. The van der Waals surface area contributed by atoms with E-state index in [1.165, 1.54) is 22.3 Å². The van der Waals surface area contributed by atoms with Gasteiger partial charge in [0.05, 0.1) is 0 Å². The van der Waals surface area contributed by atoms with E-state index in [-0.39, 0.29) is 11.9 Å². The molecule has 3 nitrogen and oxygen atoms in total. The minimum Gasteiger partial charge on any atom is -0.328 e. The minimum atomic E-state index is 0.0109. The van der Waals surface area contributed by atoms with Gasteiger partial charge in [-0.05, 0) is 38.0 Å². The fourth-order valence-electron chi connectivity index (χ4n) is 3.21. The second-order valence-electron chi connectivity index (χ2n) is 7.03. The summed E-state index contributed by atoms with van der Waals surface area (Å²) in [6, 6.07) is 24.9. The van der Waals surface area contributed by atoms with E-state index in [0.29, 0.717) is 6.54 Å². The van der Waals surface area contributed by atoms with E-state index in [9.17, 15) is 4.79 Å². The van der Waals surface area contributed by atoms with Gasteiger partial charge in [-0.25, -0.2) is 0 Å². The van der Waals surface area contributed by atoms with Crippen LogP contribution in [0.15, 0.2) is 72.8 Å². The van der Waals surface area contributed by atoms with Gasteiger partial charge in [-0.1, -0.05) is 72.3 Å². The average molecular weight is 359 g/mol. The summed E-state index contributed by atoms with van der Waals surface area (Å²) in [4.78, 5) is 12.6. The molecule has 3 N–H and O–H groups in total. The van der Waals surface area contributed by atoms with E-state index in [4.69, 9.17) is 0 Å². The van der Waals surface area contributed by atoms with E-state index >= 15 is 0 Å². The number of hydrogen-bond acceptors (Lipinski definition) is 1. The van der Waals surface area contributed by atoms with Crippen LogP contribution in [0.2, 0.25) is 0 Å². The molecule has 3 rings (SSSR count). The highest BCUT2D eigenvalue weighted by molar-refractivity contribution is 5.92. The first-order valence-corrected chi connectivity index (χ1v) is 9.35. The number of anilines is 1. The monoisotopic (exact) mass is 359 g/mol. The molecule has 1 amide bonds. The van der Waals surface area contributed by atoms with Gasteiger partial charge < -0.3 is 10.6 Å². The maximum Gasteiger partial charge on any atom is 0.279 e. The van der Waals surface area contributed by atoms with Crippen molar-refractivity contribution in [3.8, 4) is 0 Å². The molecule has 0 bridgehead atoms.